The Labute approximate surface area is 155 Å². The second-order valence-corrected chi connectivity index (χ2v) is 6.04. The fourth-order valence-corrected chi connectivity index (χ4v) is 3.02. The number of benzene rings is 1. The lowest BCUT2D eigenvalue weighted by molar-refractivity contribution is -0.117. The second kappa shape index (κ2) is 9.65. The highest BCUT2D eigenvalue weighted by atomic mass is 35.5. The van der Waals surface area contributed by atoms with Gasteiger partial charge in [-0.05, 0) is 25.1 Å². The first-order chi connectivity index (χ1) is 11.8. The summed E-state index contributed by atoms with van der Waals surface area (Å²) >= 11 is 0. The van der Waals surface area contributed by atoms with Gasteiger partial charge in [0.1, 0.15) is 6.61 Å². The van der Waals surface area contributed by atoms with Crippen LogP contribution in [0.15, 0.2) is 23.8 Å². The van der Waals surface area contributed by atoms with Crippen LogP contribution in [0.3, 0.4) is 0 Å². The number of amides is 1. The molecule has 1 aromatic carbocycles. The summed E-state index contributed by atoms with van der Waals surface area (Å²) in [5, 5.41) is 6.33. The molecular formula is C18H26ClN3O3. The number of hydrogen-bond donors (Lipinski definition) is 2. The van der Waals surface area contributed by atoms with Crippen LogP contribution in [0.25, 0.3) is 6.08 Å². The summed E-state index contributed by atoms with van der Waals surface area (Å²) in [6, 6.07) is 5.67. The van der Waals surface area contributed by atoms with E-state index in [1.807, 2.05) is 24.3 Å². The molecule has 2 N–H and O–H groups in total. The smallest absolute Gasteiger partial charge is 0.250 e. The third-order valence-corrected chi connectivity index (χ3v) is 4.37. The van der Waals surface area contributed by atoms with Gasteiger partial charge >= 0.3 is 0 Å². The highest BCUT2D eigenvalue weighted by molar-refractivity contribution is 5.99. The SMILES string of the molecule is COc1cccc2c1OCC(C(=O)NCCCN1CCNCC1)=C2.Cl. The zero-order chi connectivity index (χ0) is 16.8. The Morgan fingerprint density at radius 3 is 2.92 bits per heavy atom. The zero-order valence-electron chi connectivity index (χ0n) is 14.5. The maximum Gasteiger partial charge on any atom is 0.250 e. The van der Waals surface area contributed by atoms with Gasteiger partial charge in [-0.1, -0.05) is 12.1 Å². The van der Waals surface area contributed by atoms with E-state index in [1.165, 1.54) is 0 Å². The summed E-state index contributed by atoms with van der Waals surface area (Å²) in [5.74, 6) is 1.35. The normalized spacial score (nSPS) is 16.8. The Morgan fingerprint density at radius 1 is 1.36 bits per heavy atom. The molecule has 2 aliphatic heterocycles. The summed E-state index contributed by atoms with van der Waals surface area (Å²) < 4.78 is 11.0. The van der Waals surface area contributed by atoms with Crippen molar-refractivity contribution >= 4 is 24.4 Å². The molecule has 1 aromatic rings. The molecule has 0 spiro atoms. The highest BCUT2D eigenvalue weighted by Gasteiger charge is 2.19. The van der Waals surface area contributed by atoms with E-state index in [0.717, 1.165) is 44.7 Å². The fourth-order valence-electron chi connectivity index (χ4n) is 3.02. The van der Waals surface area contributed by atoms with Crippen LogP contribution in [0.5, 0.6) is 11.5 Å². The van der Waals surface area contributed by atoms with Gasteiger partial charge in [-0.2, -0.15) is 0 Å². The van der Waals surface area contributed by atoms with Crippen LogP contribution in [0.2, 0.25) is 0 Å². The van der Waals surface area contributed by atoms with E-state index in [9.17, 15) is 4.79 Å². The molecule has 0 saturated carbocycles. The van der Waals surface area contributed by atoms with E-state index < -0.39 is 0 Å². The van der Waals surface area contributed by atoms with Crippen molar-refractivity contribution < 1.29 is 14.3 Å². The number of para-hydroxylation sites is 1. The fraction of sp³-hybridized carbons (Fsp3) is 0.500. The number of methoxy groups -OCH3 is 1. The molecule has 0 unspecified atom stereocenters. The molecule has 138 valence electrons. The van der Waals surface area contributed by atoms with E-state index in [2.05, 4.69) is 15.5 Å². The molecule has 1 saturated heterocycles. The number of fused-ring (bicyclic) bond motifs is 1. The Kier molecular flexibility index (Phi) is 7.55. The number of nitrogens with one attached hydrogen (secondary N) is 2. The van der Waals surface area contributed by atoms with Gasteiger partial charge in [0.25, 0.3) is 5.91 Å². The van der Waals surface area contributed by atoms with Gasteiger partial charge in [0.05, 0.1) is 12.7 Å². The minimum absolute atomic E-state index is 0. The molecule has 7 heteroatoms. The van der Waals surface area contributed by atoms with E-state index in [1.54, 1.807) is 7.11 Å². The minimum Gasteiger partial charge on any atom is -0.493 e. The lowest BCUT2D eigenvalue weighted by Crippen LogP contribution is -2.44. The summed E-state index contributed by atoms with van der Waals surface area (Å²) in [6.45, 7) is 6.27. The molecule has 0 radical (unpaired) electrons. The first-order valence-electron chi connectivity index (χ1n) is 8.49. The number of carbonyl (C=O) groups excluding carboxylic acids is 1. The van der Waals surface area contributed by atoms with Crippen molar-refractivity contribution in [2.75, 3.05) is 53.0 Å². The van der Waals surface area contributed by atoms with Gasteiger partial charge in [-0.25, -0.2) is 0 Å². The molecule has 3 rings (SSSR count). The van der Waals surface area contributed by atoms with Gasteiger partial charge in [0.2, 0.25) is 0 Å². The van der Waals surface area contributed by atoms with Crippen molar-refractivity contribution in [3.63, 3.8) is 0 Å². The molecule has 0 aliphatic carbocycles. The predicted molar refractivity (Wildman–Crippen MR) is 101 cm³/mol. The second-order valence-electron chi connectivity index (χ2n) is 6.04. The van der Waals surface area contributed by atoms with Crippen LogP contribution in [-0.4, -0.2) is 63.8 Å². The summed E-state index contributed by atoms with van der Waals surface area (Å²) in [5.41, 5.74) is 1.53. The molecule has 0 aromatic heterocycles. The number of carbonyl (C=O) groups is 1. The van der Waals surface area contributed by atoms with E-state index in [0.29, 0.717) is 23.6 Å². The number of ether oxygens (including phenoxy) is 2. The van der Waals surface area contributed by atoms with Crippen molar-refractivity contribution in [3.05, 3.63) is 29.3 Å². The third kappa shape index (κ3) is 5.11. The number of hydrogen-bond acceptors (Lipinski definition) is 5. The Balaban J connectivity index is 0.00000225. The number of halogens is 1. The van der Waals surface area contributed by atoms with Gasteiger partial charge in [-0.15, -0.1) is 12.4 Å². The van der Waals surface area contributed by atoms with Crippen LogP contribution < -0.4 is 20.1 Å². The van der Waals surface area contributed by atoms with E-state index in [-0.39, 0.29) is 24.9 Å². The lowest BCUT2D eigenvalue weighted by Gasteiger charge is -2.27. The highest BCUT2D eigenvalue weighted by Crippen LogP contribution is 2.35. The molecule has 2 aliphatic rings. The van der Waals surface area contributed by atoms with Crippen molar-refractivity contribution in [2.24, 2.45) is 0 Å². The maximum atomic E-state index is 12.3. The average molecular weight is 368 g/mol. The van der Waals surface area contributed by atoms with Crippen molar-refractivity contribution in [2.45, 2.75) is 6.42 Å². The number of piperazine rings is 1. The number of nitrogens with zero attached hydrogens (tertiary/aromatic N) is 1. The van der Waals surface area contributed by atoms with Crippen LogP contribution in [-0.2, 0) is 4.79 Å². The standard InChI is InChI=1S/C18H25N3O3.ClH/c1-23-16-5-2-4-14-12-15(13-24-17(14)16)18(22)20-6-3-9-21-10-7-19-8-11-21;/h2,4-5,12,19H,3,6-11,13H2,1H3,(H,20,22);1H. The molecule has 2 heterocycles. The molecule has 0 atom stereocenters. The van der Waals surface area contributed by atoms with E-state index >= 15 is 0 Å². The summed E-state index contributed by atoms with van der Waals surface area (Å²) in [4.78, 5) is 14.7. The Morgan fingerprint density at radius 2 is 2.16 bits per heavy atom. The Hall–Kier alpha value is -1.76. The summed E-state index contributed by atoms with van der Waals surface area (Å²) in [7, 11) is 1.61. The predicted octanol–water partition coefficient (Wildman–Crippen LogP) is 1.30. The van der Waals surface area contributed by atoms with Crippen molar-refractivity contribution in [1.29, 1.82) is 0 Å². The summed E-state index contributed by atoms with van der Waals surface area (Å²) in [6.07, 6.45) is 2.84. The first-order valence-corrected chi connectivity index (χ1v) is 8.49. The van der Waals surface area contributed by atoms with Crippen molar-refractivity contribution in [3.8, 4) is 11.5 Å². The topological polar surface area (TPSA) is 62.8 Å². The van der Waals surface area contributed by atoms with Crippen LogP contribution in [0.4, 0.5) is 0 Å². The van der Waals surface area contributed by atoms with E-state index in [4.69, 9.17) is 9.47 Å². The molecular weight excluding hydrogens is 342 g/mol. The third-order valence-electron chi connectivity index (χ3n) is 4.37. The zero-order valence-corrected chi connectivity index (χ0v) is 15.4. The molecule has 0 bridgehead atoms. The largest absolute Gasteiger partial charge is 0.493 e. The lowest BCUT2D eigenvalue weighted by atomic mass is 10.1. The minimum atomic E-state index is -0.0521. The maximum absolute atomic E-state index is 12.3. The van der Waals surface area contributed by atoms with Crippen LogP contribution in [0.1, 0.15) is 12.0 Å². The van der Waals surface area contributed by atoms with Crippen LogP contribution in [0, 0.1) is 0 Å². The molecule has 1 fully saturated rings. The quantitative estimate of drug-likeness (QED) is 0.742. The Bertz CT molecular complexity index is 616. The van der Waals surface area contributed by atoms with Gasteiger partial charge in [-0.3, -0.25) is 4.79 Å². The van der Waals surface area contributed by atoms with Gasteiger partial charge < -0.3 is 25.0 Å². The molecule has 6 nitrogen and oxygen atoms in total. The van der Waals surface area contributed by atoms with Crippen molar-refractivity contribution in [1.82, 2.24) is 15.5 Å². The molecule has 25 heavy (non-hydrogen) atoms. The van der Waals surface area contributed by atoms with Crippen LogP contribution >= 0.6 is 12.4 Å². The first kappa shape index (κ1) is 19.6. The average Bonchev–Trinajstić information content (AvgIpc) is 2.65. The van der Waals surface area contributed by atoms with Gasteiger partial charge in [0.15, 0.2) is 11.5 Å². The van der Waals surface area contributed by atoms with Gasteiger partial charge in [0, 0.05) is 38.3 Å². The number of rotatable bonds is 6. The monoisotopic (exact) mass is 367 g/mol. The molecule has 1 amide bonds.